The van der Waals surface area contributed by atoms with Crippen LogP contribution in [0.5, 0.6) is 0 Å². The van der Waals surface area contributed by atoms with Crippen LogP contribution >= 0.6 is 11.8 Å². The molecule has 0 spiro atoms. The van der Waals surface area contributed by atoms with Gasteiger partial charge in [-0.3, -0.25) is 9.59 Å². The third kappa shape index (κ3) is 3.00. The Morgan fingerprint density at radius 3 is 2.81 bits per heavy atom. The number of anilines is 1. The molecule has 0 saturated carbocycles. The molecular weight excluding hydrogens is 224 g/mol. The fourth-order valence-electron chi connectivity index (χ4n) is 1.45. The van der Waals surface area contributed by atoms with Gasteiger partial charge in [0.25, 0.3) is 0 Å². The molecule has 1 aliphatic rings. The van der Waals surface area contributed by atoms with Crippen molar-refractivity contribution in [2.75, 3.05) is 11.1 Å². The highest BCUT2D eigenvalue weighted by Gasteiger charge is 2.23. The van der Waals surface area contributed by atoms with Crippen LogP contribution in [0, 0.1) is 0 Å². The summed E-state index contributed by atoms with van der Waals surface area (Å²) in [6.07, 6.45) is 0.311. The Morgan fingerprint density at radius 1 is 1.44 bits per heavy atom. The Kier molecular flexibility index (Phi) is 3.46. The summed E-state index contributed by atoms with van der Waals surface area (Å²) >= 11 is 1.47. The van der Waals surface area contributed by atoms with Crippen LogP contribution in [0.4, 0.5) is 5.69 Å². The van der Waals surface area contributed by atoms with E-state index in [1.54, 1.807) is 0 Å². The molecule has 1 atom stereocenters. The zero-order valence-electron chi connectivity index (χ0n) is 8.60. The lowest BCUT2D eigenvalue weighted by Crippen LogP contribution is -2.29. The van der Waals surface area contributed by atoms with E-state index in [4.69, 9.17) is 0 Å². The Balaban J connectivity index is 1.83. The van der Waals surface area contributed by atoms with Crippen molar-refractivity contribution >= 4 is 29.3 Å². The van der Waals surface area contributed by atoms with Crippen LogP contribution in [0.2, 0.25) is 0 Å². The molecule has 0 bridgehead atoms. The summed E-state index contributed by atoms with van der Waals surface area (Å²) in [7, 11) is 0. The van der Waals surface area contributed by atoms with Gasteiger partial charge in [0, 0.05) is 5.69 Å². The maximum atomic E-state index is 11.6. The van der Waals surface area contributed by atoms with E-state index < -0.39 is 0 Å². The number of hydrogen-bond acceptors (Lipinski definition) is 3. The van der Waals surface area contributed by atoms with Crippen LogP contribution in [-0.4, -0.2) is 22.9 Å². The van der Waals surface area contributed by atoms with Gasteiger partial charge < -0.3 is 10.6 Å². The summed E-state index contributed by atoms with van der Waals surface area (Å²) in [5.74, 6) is 0.372. The number of hydrogen-bond donors (Lipinski definition) is 2. The molecule has 16 heavy (non-hydrogen) atoms. The summed E-state index contributed by atoms with van der Waals surface area (Å²) in [5, 5.41) is 5.43. The van der Waals surface area contributed by atoms with Crippen LogP contribution < -0.4 is 10.6 Å². The van der Waals surface area contributed by atoms with Crippen molar-refractivity contribution in [1.82, 2.24) is 5.32 Å². The van der Waals surface area contributed by atoms with Crippen LogP contribution in [-0.2, 0) is 9.59 Å². The van der Waals surface area contributed by atoms with Gasteiger partial charge in [-0.2, -0.15) is 0 Å². The normalized spacial score (nSPS) is 19.2. The first-order chi connectivity index (χ1) is 7.74. The molecule has 1 aromatic rings. The molecule has 0 aliphatic carbocycles. The molecule has 5 heteroatoms. The van der Waals surface area contributed by atoms with Gasteiger partial charge in [-0.15, -0.1) is 11.8 Å². The molecule has 84 valence electrons. The van der Waals surface area contributed by atoms with Gasteiger partial charge in [-0.25, -0.2) is 0 Å². The van der Waals surface area contributed by atoms with E-state index in [1.807, 2.05) is 30.3 Å². The van der Waals surface area contributed by atoms with Gasteiger partial charge >= 0.3 is 0 Å². The predicted octanol–water partition coefficient (Wildman–Crippen LogP) is 1.20. The highest BCUT2D eigenvalue weighted by atomic mass is 32.2. The van der Waals surface area contributed by atoms with Crippen molar-refractivity contribution in [3.63, 3.8) is 0 Å². The van der Waals surface area contributed by atoms with Crippen molar-refractivity contribution in [3.8, 4) is 0 Å². The van der Waals surface area contributed by atoms with Gasteiger partial charge in [0.05, 0.1) is 17.5 Å². The minimum Gasteiger partial charge on any atom is -0.343 e. The van der Waals surface area contributed by atoms with Gasteiger partial charge in [0.1, 0.15) is 0 Å². The van der Waals surface area contributed by atoms with E-state index in [0.717, 1.165) is 5.69 Å². The van der Waals surface area contributed by atoms with Crippen LogP contribution in [0.3, 0.4) is 0 Å². The average Bonchev–Trinajstić information content (AvgIpc) is 2.65. The summed E-state index contributed by atoms with van der Waals surface area (Å²) in [6.45, 7) is 0. The summed E-state index contributed by atoms with van der Waals surface area (Å²) in [4.78, 5) is 22.5. The van der Waals surface area contributed by atoms with Gasteiger partial charge in [-0.1, -0.05) is 18.2 Å². The highest BCUT2D eigenvalue weighted by molar-refractivity contribution is 8.01. The fourth-order valence-corrected chi connectivity index (χ4v) is 2.37. The minimum absolute atomic E-state index is 0.00233. The van der Waals surface area contributed by atoms with Crippen LogP contribution in [0.15, 0.2) is 30.3 Å². The molecule has 2 amide bonds. The molecule has 1 heterocycles. The summed E-state index contributed by atoms with van der Waals surface area (Å²) in [5.41, 5.74) is 0.779. The molecule has 2 rings (SSSR count). The van der Waals surface area contributed by atoms with Crippen LogP contribution in [0.1, 0.15) is 6.42 Å². The number of benzene rings is 1. The number of carbonyl (C=O) groups excluding carboxylic acids is 2. The van der Waals surface area contributed by atoms with Crippen molar-refractivity contribution in [2.45, 2.75) is 11.8 Å². The molecule has 2 N–H and O–H groups in total. The monoisotopic (exact) mass is 236 g/mol. The van der Waals surface area contributed by atoms with Crippen molar-refractivity contribution < 1.29 is 9.59 Å². The third-order valence-electron chi connectivity index (χ3n) is 2.17. The van der Waals surface area contributed by atoms with Gasteiger partial charge in [-0.05, 0) is 12.1 Å². The van der Waals surface area contributed by atoms with E-state index in [9.17, 15) is 9.59 Å². The van der Waals surface area contributed by atoms with E-state index >= 15 is 0 Å². The Bertz CT molecular complexity index is 394. The standard InChI is InChI=1S/C11H12N2O2S/c14-9(6-11-13-10(15)7-16-11)12-8-4-2-1-3-5-8/h1-5,11H,6-7H2,(H,12,14)(H,13,15)/t11-/m1/s1. The topological polar surface area (TPSA) is 58.2 Å². The zero-order valence-corrected chi connectivity index (χ0v) is 9.42. The molecule has 4 nitrogen and oxygen atoms in total. The van der Waals surface area contributed by atoms with Crippen molar-refractivity contribution in [2.24, 2.45) is 0 Å². The third-order valence-corrected chi connectivity index (χ3v) is 3.28. The maximum Gasteiger partial charge on any atom is 0.230 e. The molecule has 1 aromatic carbocycles. The first-order valence-electron chi connectivity index (χ1n) is 5.00. The van der Waals surface area contributed by atoms with E-state index in [2.05, 4.69) is 10.6 Å². The number of carbonyl (C=O) groups is 2. The first kappa shape index (κ1) is 11.0. The second-order valence-corrected chi connectivity index (χ2v) is 4.68. The zero-order chi connectivity index (χ0) is 11.4. The second-order valence-electron chi connectivity index (χ2n) is 3.49. The molecule has 1 aliphatic heterocycles. The van der Waals surface area contributed by atoms with Crippen molar-refractivity contribution in [1.29, 1.82) is 0 Å². The van der Waals surface area contributed by atoms with Gasteiger partial charge in [0.2, 0.25) is 11.8 Å². The summed E-state index contributed by atoms with van der Waals surface area (Å²) in [6, 6.07) is 9.28. The molecule has 1 fully saturated rings. The Morgan fingerprint density at radius 2 is 2.19 bits per heavy atom. The Labute approximate surface area is 97.8 Å². The van der Waals surface area contributed by atoms with Crippen LogP contribution in [0.25, 0.3) is 0 Å². The number of amides is 2. The lowest BCUT2D eigenvalue weighted by Gasteiger charge is -2.09. The van der Waals surface area contributed by atoms with E-state index in [1.165, 1.54) is 11.8 Å². The SMILES string of the molecule is O=C(C[C@@H]1NC(=O)CS1)Nc1ccccc1. The van der Waals surface area contributed by atoms with E-state index in [-0.39, 0.29) is 17.2 Å². The lowest BCUT2D eigenvalue weighted by atomic mass is 10.3. The molecular formula is C11H12N2O2S. The molecule has 0 unspecified atom stereocenters. The molecule has 0 radical (unpaired) electrons. The molecule has 0 aromatic heterocycles. The van der Waals surface area contributed by atoms with Crippen molar-refractivity contribution in [3.05, 3.63) is 30.3 Å². The average molecular weight is 236 g/mol. The summed E-state index contributed by atoms with van der Waals surface area (Å²) < 4.78 is 0. The van der Waals surface area contributed by atoms with Gasteiger partial charge in [0.15, 0.2) is 0 Å². The number of rotatable bonds is 3. The number of para-hydroxylation sites is 1. The predicted molar refractivity (Wildman–Crippen MR) is 64.1 cm³/mol. The molecule has 1 saturated heterocycles. The Hall–Kier alpha value is -1.49. The lowest BCUT2D eigenvalue weighted by molar-refractivity contribution is -0.118. The number of thioether (sulfide) groups is 1. The largest absolute Gasteiger partial charge is 0.343 e. The quantitative estimate of drug-likeness (QED) is 0.829. The number of nitrogens with one attached hydrogen (secondary N) is 2. The van der Waals surface area contributed by atoms with E-state index in [0.29, 0.717) is 12.2 Å². The second kappa shape index (κ2) is 5.03. The fraction of sp³-hybridized carbons (Fsp3) is 0.273. The smallest absolute Gasteiger partial charge is 0.230 e. The first-order valence-corrected chi connectivity index (χ1v) is 6.05. The highest BCUT2D eigenvalue weighted by Crippen LogP contribution is 2.18. The maximum absolute atomic E-state index is 11.6. The minimum atomic E-state index is -0.0868.